The topological polar surface area (TPSA) is 134 Å². The molecule has 0 aliphatic heterocycles. The standard InChI is InChI=1S/C29H37N3O7/c1-18-7-6-8-20(15-18)25(26(35)30-17-24(34)38-5)32(21-11-12-21)27(36)23(31-28(37)39-29(2,3)4)16-19-9-13-22(33)14-10-19/h6-10,13-15,21,23,25,33H,11-12,16-17H2,1-5H3,(H,30,35)(H,31,37). The van der Waals surface area contributed by atoms with E-state index in [0.717, 1.165) is 5.56 Å². The summed E-state index contributed by atoms with van der Waals surface area (Å²) in [5.74, 6) is -1.54. The molecule has 0 radical (unpaired) electrons. The molecule has 1 aliphatic carbocycles. The summed E-state index contributed by atoms with van der Waals surface area (Å²) in [4.78, 5) is 53.8. The third-order valence-corrected chi connectivity index (χ3v) is 6.08. The number of hydrogen-bond acceptors (Lipinski definition) is 7. The fourth-order valence-electron chi connectivity index (χ4n) is 4.17. The van der Waals surface area contributed by atoms with Crippen molar-refractivity contribution >= 4 is 23.9 Å². The lowest BCUT2D eigenvalue weighted by molar-refractivity contribution is -0.145. The van der Waals surface area contributed by atoms with Gasteiger partial charge in [0.2, 0.25) is 11.8 Å². The van der Waals surface area contributed by atoms with Crippen molar-refractivity contribution in [1.82, 2.24) is 15.5 Å². The Morgan fingerprint density at radius 2 is 1.74 bits per heavy atom. The normalized spacial score (nSPS) is 14.5. The maximum absolute atomic E-state index is 14.2. The third-order valence-electron chi connectivity index (χ3n) is 6.08. The van der Waals surface area contributed by atoms with Crippen LogP contribution in [0, 0.1) is 6.92 Å². The van der Waals surface area contributed by atoms with Crippen molar-refractivity contribution < 1.29 is 33.8 Å². The highest BCUT2D eigenvalue weighted by molar-refractivity contribution is 5.93. The molecule has 2 aromatic rings. The maximum Gasteiger partial charge on any atom is 0.408 e. The Labute approximate surface area is 228 Å². The SMILES string of the molecule is COC(=O)CNC(=O)C(c1cccc(C)c1)N(C(=O)C(Cc1ccc(O)cc1)NC(=O)OC(C)(C)C)C1CC1. The maximum atomic E-state index is 14.2. The number of nitrogens with zero attached hydrogens (tertiary/aromatic N) is 1. The molecule has 0 saturated heterocycles. The van der Waals surface area contributed by atoms with Gasteiger partial charge in [-0.3, -0.25) is 14.4 Å². The van der Waals surface area contributed by atoms with Crippen molar-refractivity contribution in [1.29, 1.82) is 0 Å². The lowest BCUT2D eigenvalue weighted by Gasteiger charge is -2.35. The number of aromatic hydroxyl groups is 1. The summed E-state index contributed by atoms with van der Waals surface area (Å²) in [7, 11) is 1.23. The van der Waals surface area contributed by atoms with E-state index in [1.807, 2.05) is 19.1 Å². The van der Waals surface area contributed by atoms with Crippen molar-refractivity contribution in [3.05, 3.63) is 65.2 Å². The molecule has 3 amide bonds. The minimum Gasteiger partial charge on any atom is -0.508 e. The molecule has 1 saturated carbocycles. The van der Waals surface area contributed by atoms with Gasteiger partial charge in [0.05, 0.1) is 7.11 Å². The number of benzene rings is 2. The largest absolute Gasteiger partial charge is 0.508 e. The first-order valence-corrected chi connectivity index (χ1v) is 12.9. The van der Waals surface area contributed by atoms with E-state index in [0.29, 0.717) is 24.0 Å². The van der Waals surface area contributed by atoms with Gasteiger partial charge < -0.3 is 30.1 Å². The van der Waals surface area contributed by atoms with Crippen LogP contribution in [0.2, 0.25) is 0 Å². The van der Waals surface area contributed by atoms with Crippen molar-refractivity contribution in [2.24, 2.45) is 0 Å². The van der Waals surface area contributed by atoms with E-state index < -0.39 is 41.6 Å². The molecule has 2 atom stereocenters. The molecule has 0 aromatic heterocycles. The second-order valence-corrected chi connectivity index (χ2v) is 10.7. The average Bonchev–Trinajstić information content (AvgIpc) is 3.70. The monoisotopic (exact) mass is 539 g/mol. The van der Waals surface area contributed by atoms with Gasteiger partial charge in [-0.15, -0.1) is 0 Å². The van der Waals surface area contributed by atoms with E-state index in [1.165, 1.54) is 24.1 Å². The van der Waals surface area contributed by atoms with Crippen molar-refractivity contribution in [3.63, 3.8) is 0 Å². The lowest BCUT2D eigenvalue weighted by atomic mass is 9.99. The number of hydrogen-bond donors (Lipinski definition) is 3. The minimum atomic E-state index is -1.06. The second-order valence-electron chi connectivity index (χ2n) is 10.7. The summed E-state index contributed by atoms with van der Waals surface area (Å²) in [6.45, 7) is 6.70. The number of aryl methyl sites for hydroxylation is 1. The van der Waals surface area contributed by atoms with Crippen LogP contribution in [0.3, 0.4) is 0 Å². The molecule has 0 spiro atoms. The third kappa shape index (κ3) is 8.73. The molecule has 2 unspecified atom stereocenters. The van der Waals surface area contributed by atoms with Crippen molar-refractivity contribution in [2.75, 3.05) is 13.7 Å². The number of nitrogens with one attached hydrogen (secondary N) is 2. The number of carbonyl (C=O) groups excluding carboxylic acids is 4. The number of carbonyl (C=O) groups is 4. The Hall–Kier alpha value is -4.08. The number of phenolic OH excluding ortho intramolecular Hbond substituents is 1. The number of rotatable bonds is 10. The predicted octanol–water partition coefficient (Wildman–Crippen LogP) is 3.16. The van der Waals surface area contributed by atoms with Gasteiger partial charge in [-0.05, 0) is 63.8 Å². The van der Waals surface area contributed by atoms with Crippen molar-refractivity contribution in [3.8, 4) is 5.75 Å². The van der Waals surface area contributed by atoms with Crippen LogP contribution in [0.1, 0.15) is 56.3 Å². The molecule has 0 bridgehead atoms. The van der Waals surface area contributed by atoms with E-state index >= 15 is 0 Å². The Kier molecular flexibility index (Phi) is 9.56. The molecule has 3 N–H and O–H groups in total. The number of methoxy groups -OCH3 is 1. The van der Waals surface area contributed by atoms with Crippen LogP contribution in [0.25, 0.3) is 0 Å². The van der Waals surface area contributed by atoms with Gasteiger partial charge in [0.25, 0.3) is 0 Å². The summed E-state index contributed by atoms with van der Waals surface area (Å²) < 4.78 is 10.1. The first-order valence-electron chi connectivity index (χ1n) is 12.9. The fourth-order valence-corrected chi connectivity index (χ4v) is 4.17. The average molecular weight is 540 g/mol. The minimum absolute atomic E-state index is 0.0723. The summed E-state index contributed by atoms with van der Waals surface area (Å²) in [6.07, 6.45) is 0.719. The number of ether oxygens (including phenoxy) is 2. The van der Waals surface area contributed by atoms with Crippen molar-refractivity contribution in [2.45, 2.75) is 70.7 Å². The molecule has 1 fully saturated rings. The first kappa shape index (κ1) is 29.5. The summed E-state index contributed by atoms with van der Waals surface area (Å²) in [5.41, 5.74) is 1.39. The van der Waals surface area contributed by atoms with Crippen LogP contribution in [0.15, 0.2) is 48.5 Å². The van der Waals surface area contributed by atoms with Gasteiger partial charge in [0.15, 0.2) is 0 Å². The molecule has 3 rings (SSSR count). The van der Waals surface area contributed by atoms with Crippen LogP contribution >= 0.6 is 0 Å². The number of alkyl carbamates (subject to hydrolysis) is 1. The van der Waals surface area contributed by atoms with E-state index in [-0.39, 0.29) is 24.8 Å². The Balaban J connectivity index is 1.99. The van der Waals surface area contributed by atoms with E-state index in [9.17, 15) is 24.3 Å². The van der Waals surface area contributed by atoms with Crippen LogP contribution in [-0.4, -0.2) is 65.2 Å². The van der Waals surface area contributed by atoms with E-state index in [1.54, 1.807) is 45.0 Å². The van der Waals surface area contributed by atoms with Crippen LogP contribution in [0.5, 0.6) is 5.75 Å². The van der Waals surface area contributed by atoms with Crippen LogP contribution in [0.4, 0.5) is 4.79 Å². The zero-order chi connectivity index (χ0) is 28.7. The highest BCUT2D eigenvalue weighted by Gasteiger charge is 2.44. The van der Waals surface area contributed by atoms with Gasteiger partial charge in [0.1, 0.15) is 30.0 Å². The predicted molar refractivity (Wildman–Crippen MR) is 144 cm³/mol. The van der Waals surface area contributed by atoms with Gasteiger partial charge in [-0.25, -0.2) is 4.79 Å². The van der Waals surface area contributed by atoms with Gasteiger partial charge in [0, 0.05) is 12.5 Å². The van der Waals surface area contributed by atoms with Crippen LogP contribution in [-0.2, 0) is 30.3 Å². The molecule has 2 aromatic carbocycles. The molecule has 10 heteroatoms. The summed E-state index contributed by atoms with van der Waals surface area (Å²) in [5, 5.41) is 15.0. The van der Waals surface area contributed by atoms with Gasteiger partial charge in [-0.1, -0.05) is 42.0 Å². The second kappa shape index (κ2) is 12.6. The summed E-state index contributed by atoms with van der Waals surface area (Å²) in [6, 6.07) is 11.2. The zero-order valence-corrected chi connectivity index (χ0v) is 23.0. The number of phenols is 1. The highest BCUT2D eigenvalue weighted by Crippen LogP contribution is 2.36. The molecule has 10 nitrogen and oxygen atoms in total. The molecular weight excluding hydrogens is 502 g/mol. The molecule has 1 aliphatic rings. The fraction of sp³-hybridized carbons (Fsp3) is 0.448. The Morgan fingerprint density at radius 1 is 1.08 bits per heavy atom. The number of esters is 1. The quantitative estimate of drug-likeness (QED) is 0.395. The van der Waals surface area contributed by atoms with Gasteiger partial charge in [-0.2, -0.15) is 0 Å². The molecule has 210 valence electrons. The number of amides is 3. The molecular formula is C29H37N3O7. The van der Waals surface area contributed by atoms with Gasteiger partial charge >= 0.3 is 12.1 Å². The Morgan fingerprint density at radius 3 is 2.31 bits per heavy atom. The zero-order valence-electron chi connectivity index (χ0n) is 23.0. The smallest absolute Gasteiger partial charge is 0.408 e. The van der Waals surface area contributed by atoms with Crippen LogP contribution < -0.4 is 10.6 Å². The summed E-state index contributed by atoms with van der Waals surface area (Å²) >= 11 is 0. The molecule has 0 heterocycles. The molecule has 39 heavy (non-hydrogen) atoms. The van der Waals surface area contributed by atoms with E-state index in [4.69, 9.17) is 4.74 Å². The highest BCUT2D eigenvalue weighted by atomic mass is 16.6. The van der Waals surface area contributed by atoms with E-state index in [2.05, 4.69) is 15.4 Å². The lowest BCUT2D eigenvalue weighted by Crippen LogP contribution is -2.54. The Bertz CT molecular complexity index is 1190. The first-order chi connectivity index (χ1) is 18.4.